The lowest BCUT2D eigenvalue weighted by Gasteiger charge is -2.22. The highest BCUT2D eigenvalue weighted by Crippen LogP contribution is 2.31. The molecule has 0 aliphatic heterocycles. The van der Waals surface area contributed by atoms with Crippen LogP contribution in [0.2, 0.25) is 0 Å². The van der Waals surface area contributed by atoms with Crippen LogP contribution in [0.15, 0.2) is 35.0 Å². The molecule has 1 amide bonds. The molecule has 20 heavy (non-hydrogen) atoms. The Morgan fingerprint density at radius 1 is 1.40 bits per heavy atom. The minimum Gasteiger partial charge on any atom is -0.398 e. The number of nitrogen functional groups attached to an aromatic ring is 1. The molecule has 1 saturated carbocycles. The van der Waals surface area contributed by atoms with Crippen LogP contribution >= 0.6 is 11.3 Å². The fourth-order valence-corrected chi connectivity index (χ4v) is 2.88. The SMILES string of the molecule is Nc1cc(F)ccc1C(=O)N(Cc1ccsc1)C1CC1. The summed E-state index contributed by atoms with van der Waals surface area (Å²) in [6.45, 7) is 0.587. The largest absolute Gasteiger partial charge is 0.398 e. The molecule has 0 spiro atoms. The van der Waals surface area contributed by atoms with E-state index in [2.05, 4.69) is 0 Å². The molecule has 5 heteroatoms. The summed E-state index contributed by atoms with van der Waals surface area (Å²) in [6, 6.07) is 6.24. The molecule has 3 nitrogen and oxygen atoms in total. The van der Waals surface area contributed by atoms with Crippen LogP contribution in [-0.2, 0) is 6.54 Å². The number of amides is 1. The quantitative estimate of drug-likeness (QED) is 0.878. The molecule has 104 valence electrons. The highest BCUT2D eigenvalue weighted by Gasteiger charge is 2.33. The van der Waals surface area contributed by atoms with Crippen molar-refractivity contribution in [2.75, 3.05) is 5.73 Å². The van der Waals surface area contributed by atoms with Gasteiger partial charge in [-0.1, -0.05) is 0 Å². The minimum absolute atomic E-state index is 0.115. The van der Waals surface area contributed by atoms with Gasteiger partial charge in [-0.05, 0) is 53.4 Å². The number of halogens is 1. The molecule has 0 atom stereocenters. The van der Waals surface area contributed by atoms with Crippen molar-refractivity contribution in [3.63, 3.8) is 0 Å². The van der Waals surface area contributed by atoms with E-state index in [1.54, 1.807) is 11.3 Å². The van der Waals surface area contributed by atoms with Gasteiger partial charge >= 0.3 is 0 Å². The van der Waals surface area contributed by atoms with Crippen molar-refractivity contribution in [2.45, 2.75) is 25.4 Å². The van der Waals surface area contributed by atoms with Crippen molar-refractivity contribution < 1.29 is 9.18 Å². The first kappa shape index (κ1) is 13.1. The second kappa shape index (κ2) is 5.25. The number of rotatable bonds is 4. The third-order valence-electron chi connectivity index (χ3n) is 3.43. The average molecular weight is 290 g/mol. The summed E-state index contributed by atoms with van der Waals surface area (Å²) in [5.41, 5.74) is 7.47. The van der Waals surface area contributed by atoms with Crippen molar-refractivity contribution in [1.29, 1.82) is 0 Å². The van der Waals surface area contributed by atoms with E-state index in [-0.39, 0.29) is 17.6 Å². The monoisotopic (exact) mass is 290 g/mol. The maximum absolute atomic E-state index is 13.1. The molecule has 1 aromatic heterocycles. The number of nitrogens with zero attached hydrogens (tertiary/aromatic N) is 1. The predicted octanol–water partition coefficient (Wildman–Crippen LogP) is 3.27. The topological polar surface area (TPSA) is 46.3 Å². The second-order valence-electron chi connectivity index (χ2n) is 5.03. The van der Waals surface area contributed by atoms with E-state index in [0.29, 0.717) is 12.1 Å². The van der Waals surface area contributed by atoms with Crippen LogP contribution in [0.25, 0.3) is 0 Å². The van der Waals surface area contributed by atoms with Crippen LogP contribution < -0.4 is 5.73 Å². The van der Waals surface area contributed by atoms with Crippen LogP contribution in [-0.4, -0.2) is 16.8 Å². The number of hydrogen-bond acceptors (Lipinski definition) is 3. The number of anilines is 1. The van der Waals surface area contributed by atoms with E-state index in [4.69, 9.17) is 5.73 Å². The number of thiophene rings is 1. The average Bonchev–Trinajstić information content (AvgIpc) is 3.12. The normalized spacial score (nSPS) is 14.2. The summed E-state index contributed by atoms with van der Waals surface area (Å²) >= 11 is 1.61. The van der Waals surface area contributed by atoms with E-state index >= 15 is 0 Å². The zero-order valence-electron chi connectivity index (χ0n) is 10.9. The second-order valence-corrected chi connectivity index (χ2v) is 5.81. The predicted molar refractivity (Wildman–Crippen MR) is 78.0 cm³/mol. The smallest absolute Gasteiger partial charge is 0.256 e. The molecule has 1 aliphatic carbocycles. The number of benzene rings is 1. The first-order chi connectivity index (χ1) is 9.65. The molecule has 2 aromatic rings. The van der Waals surface area contributed by atoms with Crippen molar-refractivity contribution in [3.05, 3.63) is 52.0 Å². The van der Waals surface area contributed by atoms with Crippen LogP contribution in [0.3, 0.4) is 0 Å². The van der Waals surface area contributed by atoms with E-state index in [9.17, 15) is 9.18 Å². The Hall–Kier alpha value is -1.88. The molecule has 0 bridgehead atoms. The van der Waals surface area contributed by atoms with E-state index in [0.717, 1.165) is 18.4 Å². The first-order valence-electron chi connectivity index (χ1n) is 6.52. The van der Waals surface area contributed by atoms with E-state index in [1.807, 2.05) is 21.7 Å². The lowest BCUT2D eigenvalue weighted by atomic mass is 10.1. The summed E-state index contributed by atoms with van der Waals surface area (Å²) in [7, 11) is 0. The summed E-state index contributed by atoms with van der Waals surface area (Å²) in [4.78, 5) is 14.5. The number of hydrogen-bond donors (Lipinski definition) is 1. The van der Waals surface area contributed by atoms with Gasteiger partial charge in [0.1, 0.15) is 5.82 Å². The van der Waals surface area contributed by atoms with Gasteiger partial charge in [-0.3, -0.25) is 4.79 Å². The summed E-state index contributed by atoms with van der Waals surface area (Å²) < 4.78 is 13.1. The molecule has 0 radical (unpaired) electrons. The molecule has 3 rings (SSSR count). The van der Waals surface area contributed by atoms with Gasteiger partial charge in [-0.25, -0.2) is 4.39 Å². The summed E-state index contributed by atoms with van der Waals surface area (Å²) in [5, 5.41) is 4.04. The standard InChI is InChI=1S/C15H15FN2OS/c16-11-1-4-13(14(17)7-11)15(19)18(12-2-3-12)8-10-5-6-20-9-10/h1,4-7,9,12H,2-3,8,17H2. The Labute approximate surface area is 120 Å². The maximum Gasteiger partial charge on any atom is 0.256 e. The number of carbonyl (C=O) groups is 1. The van der Waals surface area contributed by atoms with Gasteiger partial charge in [0.05, 0.1) is 5.56 Å². The van der Waals surface area contributed by atoms with Crippen molar-refractivity contribution in [2.24, 2.45) is 0 Å². The third kappa shape index (κ3) is 2.67. The highest BCUT2D eigenvalue weighted by atomic mass is 32.1. The Morgan fingerprint density at radius 3 is 2.80 bits per heavy atom. The third-order valence-corrected chi connectivity index (χ3v) is 4.16. The highest BCUT2D eigenvalue weighted by molar-refractivity contribution is 7.07. The molecular formula is C15H15FN2OS. The Bertz CT molecular complexity index is 623. The van der Waals surface area contributed by atoms with Gasteiger partial charge in [-0.15, -0.1) is 0 Å². The van der Waals surface area contributed by atoms with Crippen LogP contribution in [0, 0.1) is 5.82 Å². The molecule has 0 unspecified atom stereocenters. The van der Waals surface area contributed by atoms with Gasteiger partial charge in [-0.2, -0.15) is 11.3 Å². The summed E-state index contributed by atoms with van der Waals surface area (Å²) in [6.07, 6.45) is 2.05. The molecule has 1 aliphatic rings. The molecule has 0 saturated heterocycles. The molecule has 1 aromatic carbocycles. The van der Waals surface area contributed by atoms with E-state index < -0.39 is 5.82 Å². The Kier molecular flexibility index (Phi) is 3.44. The zero-order valence-corrected chi connectivity index (χ0v) is 11.7. The Morgan fingerprint density at radius 2 is 2.20 bits per heavy atom. The molecule has 2 N–H and O–H groups in total. The van der Waals surface area contributed by atoms with Crippen LogP contribution in [0.4, 0.5) is 10.1 Å². The van der Waals surface area contributed by atoms with Crippen molar-refractivity contribution in [3.8, 4) is 0 Å². The van der Waals surface area contributed by atoms with Crippen molar-refractivity contribution in [1.82, 2.24) is 4.90 Å². The number of carbonyl (C=O) groups excluding carboxylic acids is 1. The van der Waals surface area contributed by atoms with Crippen LogP contribution in [0.1, 0.15) is 28.8 Å². The zero-order chi connectivity index (χ0) is 14.1. The fraction of sp³-hybridized carbons (Fsp3) is 0.267. The molecule has 1 fully saturated rings. The number of nitrogens with two attached hydrogens (primary N) is 1. The maximum atomic E-state index is 13.1. The molecular weight excluding hydrogens is 275 g/mol. The Balaban J connectivity index is 1.85. The lowest BCUT2D eigenvalue weighted by Crippen LogP contribution is -2.33. The van der Waals surface area contributed by atoms with Crippen molar-refractivity contribution >= 4 is 22.9 Å². The molecule has 1 heterocycles. The van der Waals surface area contributed by atoms with Gasteiger partial charge < -0.3 is 10.6 Å². The lowest BCUT2D eigenvalue weighted by molar-refractivity contribution is 0.0731. The van der Waals surface area contributed by atoms with Gasteiger partial charge in [0, 0.05) is 18.3 Å². The summed E-state index contributed by atoms with van der Waals surface area (Å²) in [5.74, 6) is -0.536. The van der Waals surface area contributed by atoms with Gasteiger partial charge in [0.2, 0.25) is 0 Å². The van der Waals surface area contributed by atoms with Crippen LogP contribution in [0.5, 0.6) is 0 Å². The van der Waals surface area contributed by atoms with E-state index in [1.165, 1.54) is 18.2 Å². The van der Waals surface area contributed by atoms with Gasteiger partial charge in [0.25, 0.3) is 5.91 Å². The minimum atomic E-state index is -0.421. The fourth-order valence-electron chi connectivity index (χ4n) is 2.22. The first-order valence-corrected chi connectivity index (χ1v) is 7.46. The van der Waals surface area contributed by atoms with Gasteiger partial charge in [0.15, 0.2) is 0 Å².